The molecule has 5 heteroatoms. The van der Waals surface area contributed by atoms with E-state index in [1.807, 2.05) is 0 Å². The zero-order chi connectivity index (χ0) is 10.1. The summed E-state index contributed by atoms with van der Waals surface area (Å²) in [5, 5.41) is 18.7. The van der Waals surface area contributed by atoms with Crippen LogP contribution in [0.4, 0.5) is 0 Å². The van der Waals surface area contributed by atoms with Crippen molar-refractivity contribution in [3.63, 3.8) is 0 Å². The van der Waals surface area contributed by atoms with Crippen LogP contribution >= 0.6 is 11.6 Å². The van der Waals surface area contributed by atoms with Crippen LogP contribution in [-0.4, -0.2) is 46.8 Å². The maximum atomic E-state index is 9.51. The maximum absolute atomic E-state index is 9.51. The third kappa shape index (κ3) is 2.79. The highest BCUT2D eigenvalue weighted by molar-refractivity contribution is 6.18. The Bertz CT molecular complexity index is 174. The van der Waals surface area contributed by atoms with Gasteiger partial charge in [-0.1, -0.05) is 0 Å². The van der Waals surface area contributed by atoms with Crippen LogP contribution in [0.5, 0.6) is 0 Å². The monoisotopic (exact) mass is 210 g/mol. The molecule has 1 rings (SSSR count). The predicted molar refractivity (Wildman–Crippen MR) is 47.6 cm³/mol. The molecular formula is C8H15ClO4. The first-order chi connectivity index (χ1) is 5.96. The van der Waals surface area contributed by atoms with Gasteiger partial charge in [-0.05, 0) is 13.8 Å². The molecule has 0 saturated carbocycles. The number of halogens is 1. The molecule has 0 bridgehead atoms. The Morgan fingerprint density at radius 1 is 1.54 bits per heavy atom. The van der Waals surface area contributed by atoms with Crippen LogP contribution in [-0.2, 0) is 9.47 Å². The largest absolute Gasteiger partial charge is 0.389 e. The van der Waals surface area contributed by atoms with Gasteiger partial charge in [-0.3, -0.25) is 0 Å². The highest BCUT2D eigenvalue weighted by Crippen LogP contribution is 2.25. The standard InChI is InChI=1S/C8H15ClO4/c1-8(2)12-4-6(13-8)7(11)5(10)3-9/h5-7,10-11H,3-4H2,1-2H3/t5-,6-,7+/m1/s1. The quantitative estimate of drug-likeness (QED) is 0.649. The Morgan fingerprint density at radius 3 is 2.54 bits per heavy atom. The minimum atomic E-state index is -0.987. The molecule has 1 saturated heterocycles. The van der Waals surface area contributed by atoms with Crippen molar-refractivity contribution in [3.05, 3.63) is 0 Å². The van der Waals surface area contributed by atoms with E-state index in [2.05, 4.69) is 0 Å². The van der Waals surface area contributed by atoms with Crippen LogP contribution in [0, 0.1) is 0 Å². The molecule has 1 aliphatic rings. The number of hydrogen-bond acceptors (Lipinski definition) is 4. The molecule has 0 aliphatic carbocycles. The van der Waals surface area contributed by atoms with Gasteiger partial charge < -0.3 is 19.7 Å². The molecular weight excluding hydrogens is 196 g/mol. The van der Waals surface area contributed by atoms with Gasteiger partial charge >= 0.3 is 0 Å². The smallest absolute Gasteiger partial charge is 0.163 e. The normalized spacial score (nSPS) is 31.6. The third-order valence-corrected chi connectivity index (χ3v) is 2.28. The van der Waals surface area contributed by atoms with E-state index < -0.39 is 24.1 Å². The van der Waals surface area contributed by atoms with Crippen molar-refractivity contribution in [1.29, 1.82) is 0 Å². The lowest BCUT2D eigenvalue weighted by atomic mass is 10.1. The number of rotatable bonds is 3. The Labute approximate surface area is 82.4 Å². The van der Waals surface area contributed by atoms with Crippen LogP contribution in [0.2, 0.25) is 0 Å². The molecule has 13 heavy (non-hydrogen) atoms. The fraction of sp³-hybridized carbons (Fsp3) is 1.00. The van der Waals surface area contributed by atoms with Crippen molar-refractivity contribution in [2.75, 3.05) is 12.5 Å². The van der Waals surface area contributed by atoms with E-state index in [-0.39, 0.29) is 12.5 Å². The van der Waals surface area contributed by atoms with E-state index in [1.54, 1.807) is 13.8 Å². The molecule has 1 fully saturated rings. The fourth-order valence-corrected chi connectivity index (χ4v) is 1.41. The summed E-state index contributed by atoms with van der Waals surface area (Å²) in [7, 11) is 0. The average Bonchev–Trinajstić information content (AvgIpc) is 2.43. The molecule has 0 aromatic rings. The van der Waals surface area contributed by atoms with Crippen molar-refractivity contribution in [2.45, 2.75) is 37.9 Å². The van der Waals surface area contributed by atoms with Crippen LogP contribution in [0.25, 0.3) is 0 Å². The van der Waals surface area contributed by atoms with Crippen molar-refractivity contribution in [1.82, 2.24) is 0 Å². The summed E-state index contributed by atoms with van der Waals surface area (Å²) in [5.41, 5.74) is 0. The Morgan fingerprint density at radius 2 is 2.15 bits per heavy atom. The molecule has 0 amide bonds. The van der Waals surface area contributed by atoms with Gasteiger partial charge in [-0.15, -0.1) is 11.6 Å². The van der Waals surface area contributed by atoms with E-state index in [9.17, 15) is 10.2 Å². The van der Waals surface area contributed by atoms with Gasteiger partial charge in [0.05, 0.1) is 18.6 Å². The minimum absolute atomic E-state index is 0.0124. The summed E-state index contributed by atoms with van der Waals surface area (Å²) in [6.07, 6.45) is -2.45. The van der Waals surface area contributed by atoms with Gasteiger partial charge in [-0.2, -0.15) is 0 Å². The second-order valence-corrected chi connectivity index (χ2v) is 3.89. The number of alkyl halides is 1. The lowest BCUT2D eigenvalue weighted by molar-refractivity contribution is -0.158. The summed E-state index contributed by atoms with van der Waals surface area (Å²) in [6.45, 7) is 3.79. The Balaban J connectivity index is 2.46. The van der Waals surface area contributed by atoms with Crippen LogP contribution < -0.4 is 0 Å². The van der Waals surface area contributed by atoms with Crippen LogP contribution in [0.3, 0.4) is 0 Å². The molecule has 1 heterocycles. The summed E-state index contributed by atoms with van der Waals surface area (Å²) < 4.78 is 10.6. The molecule has 0 aromatic carbocycles. The van der Waals surface area contributed by atoms with E-state index >= 15 is 0 Å². The molecule has 0 spiro atoms. The second-order valence-electron chi connectivity index (χ2n) is 3.58. The molecule has 3 atom stereocenters. The lowest BCUT2D eigenvalue weighted by Gasteiger charge is -2.22. The lowest BCUT2D eigenvalue weighted by Crippen LogP contribution is -2.40. The van der Waals surface area contributed by atoms with Gasteiger partial charge in [0, 0.05) is 0 Å². The van der Waals surface area contributed by atoms with Crippen molar-refractivity contribution < 1.29 is 19.7 Å². The van der Waals surface area contributed by atoms with Crippen LogP contribution in [0.1, 0.15) is 13.8 Å². The molecule has 0 unspecified atom stereocenters. The third-order valence-electron chi connectivity index (χ3n) is 1.96. The van der Waals surface area contributed by atoms with Gasteiger partial charge in [0.25, 0.3) is 0 Å². The molecule has 78 valence electrons. The van der Waals surface area contributed by atoms with Crippen molar-refractivity contribution in [3.8, 4) is 0 Å². The van der Waals surface area contributed by atoms with E-state index in [4.69, 9.17) is 21.1 Å². The fourth-order valence-electron chi connectivity index (χ4n) is 1.22. The topological polar surface area (TPSA) is 58.9 Å². The molecule has 1 aliphatic heterocycles. The van der Waals surface area contributed by atoms with Gasteiger partial charge in [0.1, 0.15) is 12.2 Å². The number of aliphatic hydroxyl groups excluding tert-OH is 2. The van der Waals surface area contributed by atoms with Gasteiger partial charge in [-0.25, -0.2) is 0 Å². The highest BCUT2D eigenvalue weighted by atomic mass is 35.5. The highest BCUT2D eigenvalue weighted by Gasteiger charge is 2.39. The number of hydrogen-bond donors (Lipinski definition) is 2. The Kier molecular flexibility index (Phi) is 3.54. The first kappa shape index (κ1) is 11.2. The van der Waals surface area contributed by atoms with Gasteiger partial charge in [0.2, 0.25) is 0 Å². The van der Waals surface area contributed by atoms with E-state index in [1.165, 1.54) is 0 Å². The van der Waals surface area contributed by atoms with E-state index in [0.29, 0.717) is 0 Å². The minimum Gasteiger partial charge on any atom is -0.389 e. The molecule has 0 aromatic heterocycles. The van der Waals surface area contributed by atoms with Crippen LogP contribution in [0.15, 0.2) is 0 Å². The second kappa shape index (κ2) is 4.11. The van der Waals surface area contributed by atoms with Crippen molar-refractivity contribution in [2.24, 2.45) is 0 Å². The molecule has 2 N–H and O–H groups in total. The van der Waals surface area contributed by atoms with Crippen molar-refractivity contribution >= 4 is 11.6 Å². The summed E-state index contributed by atoms with van der Waals surface area (Å²) in [4.78, 5) is 0. The first-order valence-corrected chi connectivity index (χ1v) is 4.73. The molecule has 4 nitrogen and oxygen atoms in total. The summed E-state index contributed by atoms with van der Waals surface area (Å²) in [6, 6.07) is 0. The Hall–Kier alpha value is 0.130. The number of aliphatic hydroxyl groups is 2. The first-order valence-electron chi connectivity index (χ1n) is 4.20. The summed E-state index contributed by atoms with van der Waals surface area (Å²) in [5.74, 6) is -0.695. The zero-order valence-electron chi connectivity index (χ0n) is 7.74. The summed E-state index contributed by atoms with van der Waals surface area (Å²) >= 11 is 5.39. The number of ether oxygens (including phenoxy) is 2. The molecule has 0 radical (unpaired) electrons. The average molecular weight is 211 g/mol. The maximum Gasteiger partial charge on any atom is 0.163 e. The van der Waals surface area contributed by atoms with Gasteiger partial charge in [0.15, 0.2) is 5.79 Å². The zero-order valence-corrected chi connectivity index (χ0v) is 8.49. The SMILES string of the molecule is CC1(C)OC[C@H]([C@@H](O)[C@H](O)CCl)O1. The van der Waals surface area contributed by atoms with E-state index in [0.717, 1.165) is 0 Å². The predicted octanol–water partition coefficient (Wildman–Crippen LogP) is 0.0985.